The van der Waals surface area contributed by atoms with Crippen LogP contribution in [0.25, 0.3) is 88.8 Å². The Labute approximate surface area is 262 Å². The van der Waals surface area contributed by atoms with E-state index in [4.69, 9.17) is 19.9 Å². The average molecular weight is 589 g/mol. The molecule has 6 nitrogen and oxygen atoms in total. The van der Waals surface area contributed by atoms with Gasteiger partial charge in [0.05, 0.1) is 11.4 Å². The minimum Gasteiger partial charge on any atom is -0.284 e. The molecule has 0 radical (unpaired) electrons. The van der Waals surface area contributed by atoms with Crippen LogP contribution in [-0.2, 0) is 0 Å². The van der Waals surface area contributed by atoms with E-state index in [1.165, 1.54) is 0 Å². The molecule has 214 valence electrons. The Bertz CT molecular complexity index is 2630. The fraction of sp³-hybridized carbons (Fsp3) is 0. The summed E-state index contributed by atoms with van der Waals surface area (Å²) in [4.78, 5) is 20.3. The molecule has 10 rings (SSSR count). The monoisotopic (exact) mass is 588 g/mol. The quantitative estimate of drug-likeness (QED) is 0.206. The van der Waals surface area contributed by atoms with Gasteiger partial charge in [0.15, 0.2) is 11.3 Å². The van der Waals surface area contributed by atoms with Gasteiger partial charge < -0.3 is 0 Å². The summed E-state index contributed by atoms with van der Waals surface area (Å²) < 4.78 is 4.13. The third-order valence-corrected chi connectivity index (χ3v) is 8.92. The van der Waals surface area contributed by atoms with Crippen molar-refractivity contribution < 1.29 is 0 Å². The molecular formula is C40H24N6. The molecule has 6 heteroatoms. The molecule has 46 heavy (non-hydrogen) atoms. The summed E-state index contributed by atoms with van der Waals surface area (Å²) in [5.74, 6) is 0. The zero-order chi connectivity index (χ0) is 30.2. The molecule has 0 spiro atoms. The second-order valence-electron chi connectivity index (χ2n) is 11.6. The summed E-state index contributed by atoms with van der Waals surface area (Å²) in [5, 5.41) is 4.36. The van der Waals surface area contributed by atoms with Crippen LogP contribution in [0.2, 0.25) is 0 Å². The highest BCUT2D eigenvalue weighted by Gasteiger charge is 2.17. The number of aromatic nitrogens is 6. The fourth-order valence-corrected chi connectivity index (χ4v) is 6.80. The predicted molar refractivity (Wildman–Crippen MR) is 186 cm³/mol. The summed E-state index contributed by atoms with van der Waals surface area (Å²) in [6, 6.07) is 46.3. The van der Waals surface area contributed by atoms with Crippen molar-refractivity contribution >= 4 is 55.2 Å². The molecule has 0 aliphatic rings. The van der Waals surface area contributed by atoms with E-state index in [0.717, 1.165) is 88.8 Å². The Morgan fingerprint density at radius 1 is 0.348 bits per heavy atom. The Kier molecular flexibility index (Phi) is 5.19. The van der Waals surface area contributed by atoms with E-state index >= 15 is 0 Å². The molecule has 0 bridgehead atoms. The maximum absolute atomic E-state index is 5.23. The lowest BCUT2D eigenvalue weighted by atomic mass is 9.96. The lowest BCUT2D eigenvalue weighted by molar-refractivity contribution is 1.19. The first kappa shape index (κ1) is 25.0. The maximum atomic E-state index is 5.23. The lowest BCUT2D eigenvalue weighted by Gasteiger charge is -2.11. The molecule has 4 aromatic carbocycles. The standard InChI is InChI=1S/C40H24N6/c1-3-17-31-29(15-1)35(43-39-37(31)41-33-19-5-7-21-45(33)39)27-13-9-11-25(23-27)26-12-10-14-28(24-26)36-30-16-2-4-18-32(30)38-40(44-36)46-22-8-6-20-34(46)42-38/h1-24H. The topological polar surface area (TPSA) is 60.4 Å². The van der Waals surface area contributed by atoms with E-state index in [2.05, 4.69) is 106 Å². The minimum atomic E-state index is 0.859. The van der Waals surface area contributed by atoms with E-state index in [-0.39, 0.29) is 0 Å². The van der Waals surface area contributed by atoms with Gasteiger partial charge in [-0.2, -0.15) is 0 Å². The van der Waals surface area contributed by atoms with E-state index < -0.39 is 0 Å². The predicted octanol–water partition coefficient (Wildman–Crippen LogP) is 9.39. The van der Waals surface area contributed by atoms with Crippen molar-refractivity contribution in [3.05, 3.63) is 146 Å². The van der Waals surface area contributed by atoms with Crippen LogP contribution < -0.4 is 0 Å². The number of fused-ring (bicyclic) bond motifs is 10. The first-order valence-corrected chi connectivity index (χ1v) is 15.3. The number of nitrogens with zero attached hydrogens (tertiary/aromatic N) is 6. The molecule has 0 aliphatic heterocycles. The van der Waals surface area contributed by atoms with Gasteiger partial charge in [-0.25, -0.2) is 19.9 Å². The van der Waals surface area contributed by atoms with Gasteiger partial charge in [0.2, 0.25) is 0 Å². The van der Waals surface area contributed by atoms with Crippen molar-refractivity contribution in [3.63, 3.8) is 0 Å². The van der Waals surface area contributed by atoms with Crippen LogP contribution in [0, 0.1) is 0 Å². The highest BCUT2D eigenvalue weighted by atomic mass is 15.1. The number of pyridine rings is 4. The van der Waals surface area contributed by atoms with Crippen LogP contribution in [-0.4, -0.2) is 28.7 Å². The van der Waals surface area contributed by atoms with E-state index in [0.29, 0.717) is 0 Å². The van der Waals surface area contributed by atoms with Gasteiger partial charge in [0, 0.05) is 45.1 Å². The molecule has 0 fully saturated rings. The molecule has 0 N–H and O–H groups in total. The Morgan fingerprint density at radius 2 is 0.761 bits per heavy atom. The summed E-state index contributed by atoms with van der Waals surface area (Å²) in [6.07, 6.45) is 4.06. The Hall–Kier alpha value is -6.40. The maximum Gasteiger partial charge on any atom is 0.165 e. The second kappa shape index (κ2) is 9.55. The van der Waals surface area contributed by atoms with Crippen molar-refractivity contribution in [2.24, 2.45) is 0 Å². The van der Waals surface area contributed by atoms with Gasteiger partial charge in [-0.05, 0) is 47.5 Å². The highest BCUT2D eigenvalue weighted by Crippen LogP contribution is 2.37. The van der Waals surface area contributed by atoms with E-state index in [9.17, 15) is 0 Å². The van der Waals surface area contributed by atoms with Crippen molar-refractivity contribution in [1.82, 2.24) is 28.7 Å². The molecular weight excluding hydrogens is 564 g/mol. The van der Waals surface area contributed by atoms with Crippen LogP contribution in [0.5, 0.6) is 0 Å². The van der Waals surface area contributed by atoms with Gasteiger partial charge in [-0.15, -0.1) is 0 Å². The highest BCUT2D eigenvalue weighted by molar-refractivity contribution is 6.10. The second-order valence-corrected chi connectivity index (χ2v) is 11.6. The first-order valence-electron chi connectivity index (χ1n) is 15.3. The van der Waals surface area contributed by atoms with Crippen LogP contribution in [0.4, 0.5) is 0 Å². The zero-order valence-electron chi connectivity index (χ0n) is 24.5. The zero-order valence-corrected chi connectivity index (χ0v) is 24.5. The summed E-state index contributed by atoms with van der Waals surface area (Å²) in [5.41, 5.74) is 11.6. The Balaban J connectivity index is 1.15. The molecule has 10 aromatic rings. The van der Waals surface area contributed by atoms with Crippen LogP contribution >= 0.6 is 0 Å². The normalized spacial score (nSPS) is 11.9. The molecule has 0 aliphatic carbocycles. The van der Waals surface area contributed by atoms with Gasteiger partial charge in [-0.1, -0.05) is 97.1 Å². The smallest absolute Gasteiger partial charge is 0.165 e. The van der Waals surface area contributed by atoms with Crippen LogP contribution in [0.15, 0.2) is 146 Å². The molecule has 0 atom stereocenters. The molecule has 0 saturated heterocycles. The largest absolute Gasteiger partial charge is 0.284 e. The molecule has 0 saturated carbocycles. The third-order valence-electron chi connectivity index (χ3n) is 8.92. The van der Waals surface area contributed by atoms with E-state index in [1.807, 2.05) is 48.8 Å². The molecule has 0 amide bonds. The van der Waals surface area contributed by atoms with Gasteiger partial charge in [0.25, 0.3) is 0 Å². The van der Waals surface area contributed by atoms with Crippen LogP contribution in [0.1, 0.15) is 0 Å². The number of hydrogen-bond donors (Lipinski definition) is 0. The fourth-order valence-electron chi connectivity index (χ4n) is 6.80. The molecule has 6 aromatic heterocycles. The third kappa shape index (κ3) is 3.64. The van der Waals surface area contributed by atoms with Crippen molar-refractivity contribution in [1.29, 1.82) is 0 Å². The minimum absolute atomic E-state index is 0.859. The molecule has 6 heterocycles. The number of benzene rings is 4. The SMILES string of the molecule is c1cc(-c2cccc(-c3nc4c(nc5ccccn54)c4ccccc34)c2)cc(-c2nc3c(nc4ccccn43)c3ccccc23)c1. The van der Waals surface area contributed by atoms with E-state index in [1.54, 1.807) is 0 Å². The van der Waals surface area contributed by atoms with Crippen molar-refractivity contribution in [2.45, 2.75) is 0 Å². The number of imidazole rings is 2. The van der Waals surface area contributed by atoms with Crippen molar-refractivity contribution in [3.8, 4) is 33.6 Å². The summed E-state index contributed by atoms with van der Waals surface area (Å²) in [7, 11) is 0. The van der Waals surface area contributed by atoms with Crippen LogP contribution in [0.3, 0.4) is 0 Å². The lowest BCUT2D eigenvalue weighted by Crippen LogP contribution is -1.93. The van der Waals surface area contributed by atoms with Gasteiger partial charge in [0.1, 0.15) is 22.3 Å². The summed E-state index contributed by atoms with van der Waals surface area (Å²) >= 11 is 0. The average Bonchev–Trinajstić information content (AvgIpc) is 3.70. The summed E-state index contributed by atoms with van der Waals surface area (Å²) in [6.45, 7) is 0. The van der Waals surface area contributed by atoms with Crippen molar-refractivity contribution in [2.75, 3.05) is 0 Å². The molecule has 0 unspecified atom stereocenters. The first-order chi connectivity index (χ1) is 22.8. The van der Waals surface area contributed by atoms with Gasteiger partial charge >= 0.3 is 0 Å². The number of rotatable bonds is 3. The number of hydrogen-bond acceptors (Lipinski definition) is 4. The Morgan fingerprint density at radius 3 is 1.24 bits per heavy atom. The van der Waals surface area contributed by atoms with Gasteiger partial charge in [-0.3, -0.25) is 8.80 Å².